The molecule has 0 saturated carbocycles. The van der Waals surface area contributed by atoms with Gasteiger partial charge in [0, 0.05) is 25.4 Å². The van der Waals surface area contributed by atoms with Crippen molar-refractivity contribution in [2.45, 2.75) is 37.3 Å². The molecule has 2 atom stereocenters. The lowest BCUT2D eigenvalue weighted by atomic mass is 9.95. The maximum absolute atomic E-state index is 11.4. The lowest BCUT2D eigenvalue weighted by molar-refractivity contribution is -0.438. The van der Waals surface area contributed by atoms with Gasteiger partial charge in [-0.2, -0.15) is 0 Å². The number of carbonyl (C=O) groups excluding carboxylic acids is 4. The summed E-state index contributed by atoms with van der Waals surface area (Å²) in [5.74, 6) is -6.20. The van der Waals surface area contributed by atoms with Crippen LogP contribution in [0.15, 0.2) is 0 Å². The van der Waals surface area contributed by atoms with Crippen molar-refractivity contribution in [3.8, 4) is 0 Å². The Hall–Kier alpha value is -2.20. The summed E-state index contributed by atoms with van der Waals surface area (Å²) in [6.45, 7) is 0.00653. The monoisotopic (exact) mass is 304 g/mol. The molecule has 0 bridgehead atoms. The number of carbonyl (C=O) groups is 4. The predicted molar refractivity (Wildman–Crippen MR) is 58.1 cm³/mol. The lowest BCUT2D eigenvalue weighted by Gasteiger charge is -2.28. The molecule has 10 nitrogen and oxygen atoms in total. The standard InChI is InChI=1S/C11H18N2O8/c12-6(9(17)18)2-1-3-13-7(14)4-11(21,10(19)20)5-8(15)16/h6,21H,1-5,12H2,(H,13,14)(H,15,16)(H,17,18)(H,19,20)/p-2/t6-,11?/m1/s1. The highest BCUT2D eigenvalue weighted by molar-refractivity contribution is 5.88. The van der Waals surface area contributed by atoms with Crippen LogP contribution in [0, 0.1) is 0 Å². The van der Waals surface area contributed by atoms with E-state index in [1.54, 1.807) is 0 Å². The molecule has 0 heterocycles. The minimum absolute atomic E-state index is 0.00653. The Morgan fingerprint density at radius 2 is 1.71 bits per heavy atom. The van der Waals surface area contributed by atoms with Gasteiger partial charge in [-0.25, -0.2) is 0 Å². The minimum Gasteiger partial charge on any atom is -0.550 e. The van der Waals surface area contributed by atoms with E-state index in [0.717, 1.165) is 0 Å². The second-order valence-corrected chi connectivity index (χ2v) is 4.55. The number of aliphatic carboxylic acids is 3. The first-order valence-electron chi connectivity index (χ1n) is 6.03. The summed E-state index contributed by atoms with van der Waals surface area (Å²) in [5, 5.41) is 43.1. The van der Waals surface area contributed by atoms with E-state index in [4.69, 9.17) is 0 Å². The van der Waals surface area contributed by atoms with Crippen molar-refractivity contribution in [1.82, 2.24) is 5.32 Å². The molecule has 0 spiro atoms. The third-order valence-corrected chi connectivity index (χ3v) is 2.65. The maximum atomic E-state index is 11.4. The molecule has 0 aromatic heterocycles. The van der Waals surface area contributed by atoms with E-state index in [1.165, 1.54) is 0 Å². The summed E-state index contributed by atoms with van der Waals surface area (Å²) in [5.41, 5.74) is 0.438. The van der Waals surface area contributed by atoms with Gasteiger partial charge in [0.15, 0.2) is 0 Å². The summed E-state index contributed by atoms with van der Waals surface area (Å²) in [6, 6.07) is -0.944. The van der Waals surface area contributed by atoms with E-state index in [2.05, 4.69) is 11.1 Å². The molecule has 0 fully saturated rings. The van der Waals surface area contributed by atoms with Gasteiger partial charge in [0.2, 0.25) is 5.91 Å². The van der Waals surface area contributed by atoms with E-state index in [0.29, 0.717) is 0 Å². The van der Waals surface area contributed by atoms with Gasteiger partial charge in [0.05, 0.1) is 18.4 Å². The topological polar surface area (TPSA) is 197 Å². The number of rotatable bonds is 10. The molecule has 0 aliphatic rings. The normalized spacial score (nSPS) is 14.8. The fraction of sp³-hybridized carbons (Fsp3) is 0.636. The minimum atomic E-state index is -2.86. The van der Waals surface area contributed by atoms with E-state index < -0.39 is 48.3 Å². The van der Waals surface area contributed by atoms with Gasteiger partial charge in [0.1, 0.15) is 11.6 Å². The quantitative estimate of drug-likeness (QED) is 0.331. The van der Waals surface area contributed by atoms with Gasteiger partial charge in [-0.3, -0.25) is 4.79 Å². The first kappa shape index (κ1) is 18.8. The summed E-state index contributed by atoms with van der Waals surface area (Å²) >= 11 is 0. The highest BCUT2D eigenvalue weighted by Gasteiger charge is 2.32. The van der Waals surface area contributed by atoms with E-state index in [1.807, 2.05) is 0 Å². The van der Waals surface area contributed by atoms with Crippen molar-refractivity contribution in [2.24, 2.45) is 0 Å². The Labute approximate surface area is 119 Å². The molecule has 1 amide bonds. The van der Waals surface area contributed by atoms with Gasteiger partial charge in [-0.05, 0) is 6.42 Å². The van der Waals surface area contributed by atoms with Gasteiger partial charge in [0.25, 0.3) is 0 Å². The molecule has 0 rings (SSSR count). The van der Waals surface area contributed by atoms with Gasteiger partial charge in [-0.15, -0.1) is 0 Å². The summed E-state index contributed by atoms with van der Waals surface area (Å²) in [7, 11) is 0. The zero-order chi connectivity index (χ0) is 16.6. The van der Waals surface area contributed by atoms with Crippen molar-refractivity contribution in [3.05, 3.63) is 0 Å². The predicted octanol–water partition coefficient (Wildman–Crippen LogP) is -6.75. The van der Waals surface area contributed by atoms with Crippen LogP contribution >= 0.6 is 0 Å². The van der Waals surface area contributed by atoms with Crippen LogP contribution in [0.3, 0.4) is 0 Å². The summed E-state index contributed by atoms with van der Waals surface area (Å²) < 4.78 is 0. The van der Waals surface area contributed by atoms with Crippen LogP contribution in [0.5, 0.6) is 0 Å². The van der Waals surface area contributed by atoms with Crippen molar-refractivity contribution in [1.29, 1.82) is 0 Å². The molecule has 21 heavy (non-hydrogen) atoms. The average molecular weight is 304 g/mol. The van der Waals surface area contributed by atoms with Crippen LogP contribution < -0.4 is 26.4 Å². The van der Waals surface area contributed by atoms with E-state index in [-0.39, 0.29) is 19.4 Å². The number of aliphatic hydroxyl groups is 1. The van der Waals surface area contributed by atoms with Crippen LogP contribution in [0.2, 0.25) is 0 Å². The van der Waals surface area contributed by atoms with E-state index in [9.17, 15) is 39.6 Å². The van der Waals surface area contributed by atoms with Gasteiger partial charge >= 0.3 is 0 Å². The molecule has 0 aliphatic heterocycles. The number of hydrogen-bond acceptors (Lipinski definition) is 8. The number of hydrogen-bond donors (Lipinski definition) is 3. The van der Waals surface area contributed by atoms with Crippen LogP contribution in [0.25, 0.3) is 0 Å². The molecular formula is C11H16N2O8-2. The van der Waals surface area contributed by atoms with Crippen molar-refractivity contribution < 1.29 is 45.3 Å². The maximum Gasteiger partial charge on any atom is 0.223 e. The number of amides is 1. The molecule has 0 radical (unpaired) electrons. The molecule has 10 heteroatoms. The van der Waals surface area contributed by atoms with E-state index >= 15 is 0 Å². The fourth-order valence-corrected chi connectivity index (χ4v) is 1.47. The average Bonchev–Trinajstić information content (AvgIpc) is 2.32. The number of carboxylic acid groups (broad SMARTS) is 3. The Bertz CT molecular complexity index is 424. The smallest absolute Gasteiger partial charge is 0.223 e. The molecule has 0 saturated heterocycles. The third kappa shape index (κ3) is 7.22. The Kier molecular flexibility index (Phi) is 7.31. The van der Waals surface area contributed by atoms with Crippen molar-refractivity contribution >= 4 is 23.8 Å². The Balaban J connectivity index is 4.25. The molecule has 5 N–H and O–H groups in total. The molecule has 120 valence electrons. The van der Waals surface area contributed by atoms with Crippen molar-refractivity contribution in [3.63, 3.8) is 0 Å². The van der Waals surface area contributed by atoms with Crippen LogP contribution in [-0.4, -0.2) is 47.1 Å². The molecule has 0 aromatic carbocycles. The zero-order valence-corrected chi connectivity index (χ0v) is 11.1. The van der Waals surface area contributed by atoms with Crippen LogP contribution in [0.1, 0.15) is 25.7 Å². The summed E-state index contributed by atoms with van der Waals surface area (Å²) in [6.07, 6.45) is -1.93. The molecule has 0 aliphatic carbocycles. The fourth-order valence-electron chi connectivity index (χ4n) is 1.47. The third-order valence-electron chi connectivity index (χ3n) is 2.65. The lowest BCUT2D eigenvalue weighted by Crippen LogP contribution is -2.68. The highest BCUT2D eigenvalue weighted by Crippen LogP contribution is 2.14. The second kappa shape index (κ2) is 8.17. The Morgan fingerprint density at radius 1 is 1.14 bits per heavy atom. The van der Waals surface area contributed by atoms with Gasteiger partial charge in [-0.1, -0.05) is 0 Å². The second-order valence-electron chi connectivity index (χ2n) is 4.55. The zero-order valence-electron chi connectivity index (χ0n) is 11.1. The van der Waals surface area contributed by atoms with Crippen LogP contribution in [0.4, 0.5) is 0 Å². The first-order valence-corrected chi connectivity index (χ1v) is 6.03. The SMILES string of the molecule is [NH3+][C@H](CCCNC(=O)CC(O)(CC(=O)[O-])C(=O)[O-])C(=O)[O-]. The first-order chi connectivity index (χ1) is 9.58. The highest BCUT2D eigenvalue weighted by atomic mass is 16.4. The molecule has 0 aromatic rings. The van der Waals surface area contributed by atoms with Gasteiger partial charge < -0.3 is 45.9 Å². The number of carboxylic acids is 3. The largest absolute Gasteiger partial charge is 0.550 e. The summed E-state index contributed by atoms with van der Waals surface area (Å²) in [4.78, 5) is 42.8. The Morgan fingerprint density at radius 3 is 2.14 bits per heavy atom. The number of nitrogens with one attached hydrogen (secondary N) is 1. The molecule has 1 unspecified atom stereocenters. The van der Waals surface area contributed by atoms with Crippen molar-refractivity contribution in [2.75, 3.05) is 6.54 Å². The molecular weight excluding hydrogens is 288 g/mol. The number of quaternary nitrogens is 1. The van der Waals surface area contributed by atoms with Crippen LogP contribution in [-0.2, 0) is 19.2 Å².